The molecule has 0 aromatic heterocycles. The van der Waals surface area contributed by atoms with Crippen molar-refractivity contribution >= 4 is 11.9 Å². The van der Waals surface area contributed by atoms with Crippen molar-refractivity contribution in [2.45, 2.75) is 59.5 Å². The molecule has 0 heterocycles. The molecule has 1 rings (SSSR count). The average Bonchev–Trinajstić information content (AvgIpc) is 2.49. The molecule has 0 aliphatic carbocycles. The van der Waals surface area contributed by atoms with Crippen LogP contribution < -0.4 is 16.0 Å². The van der Waals surface area contributed by atoms with Crippen molar-refractivity contribution in [1.29, 1.82) is 0 Å². The molecule has 5 heteroatoms. The van der Waals surface area contributed by atoms with E-state index in [9.17, 15) is 4.79 Å². The number of carbonyl (C=O) groups is 1. The number of amides is 1. The van der Waals surface area contributed by atoms with Gasteiger partial charge in [0.25, 0.3) is 0 Å². The minimum atomic E-state index is -0.229. The molecule has 0 fully saturated rings. The second-order valence-electron chi connectivity index (χ2n) is 7.08. The number of guanidine groups is 1. The van der Waals surface area contributed by atoms with Crippen molar-refractivity contribution in [3.63, 3.8) is 0 Å². The van der Waals surface area contributed by atoms with Crippen LogP contribution in [0.2, 0.25) is 0 Å². The van der Waals surface area contributed by atoms with Gasteiger partial charge in [0.1, 0.15) is 0 Å². The van der Waals surface area contributed by atoms with Crippen LogP contribution in [0, 0.1) is 6.92 Å². The number of nitrogens with zero attached hydrogens (tertiary/aromatic N) is 1. The molecule has 0 bridgehead atoms. The molecule has 0 spiro atoms. The SMILES string of the molecule is CCCCNC(=NCc1ccc(C)cc1)NCC(=O)NC(C)(C)C. The van der Waals surface area contributed by atoms with Crippen molar-refractivity contribution in [2.75, 3.05) is 13.1 Å². The van der Waals surface area contributed by atoms with E-state index in [1.165, 1.54) is 5.56 Å². The number of aliphatic imine (C=N–C) groups is 1. The van der Waals surface area contributed by atoms with Crippen LogP contribution in [0.1, 0.15) is 51.7 Å². The van der Waals surface area contributed by atoms with Crippen LogP contribution in [0.4, 0.5) is 0 Å². The Morgan fingerprint density at radius 2 is 1.79 bits per heavy atom. The number of rotatable bonds is 7. The summed E-state index contributed by atoms with van der Waals surface area (Å²) in [5.41, 5.74) is 2.16. The molecule has 5 nitrogen and oxygen atoms in total. The summed E-state index contributed by atoms with van der Waals surface area (Å²) in [7, 11) is 0. The van der Waals surface area contributed by atoms with Crippen LogP contribution in [0.15, 0.2) is 29.3 Å². The zero-order valence-electron chi connectivity index (χ0n) is 15.7. The number of hydrogen-bond donors (Lipinski definition) is 3. The summed E-state index contributed by atoms with van der Waals surface area (Å²) in [5, 5.41) is 9.33. The van der Waals surface area contributed by atoms with Gasteiger partial charge in [-0.05, 0) is 39.7 Å². The number of benzene rings is 1. The maximum absolute atomic E-state index is 11.9. The Balaban J connectivity index is 2.60. The van der Waals surface area contributed by atoms with Gasteiger partial charge in [-0.15, -0.1) is 0 Å². The largest absolute Gasteiger partial charge is 0.356 e. The van der Waals surface area contributed by atoms with E-state index in [1.54, 1.807) is 0 Å². The van der Waals surface area contributed by atoms with Gasteiger partial charge < -0.3 is 16.0 Å². The van der Waals surface area contributed by atoms with E-state index in [0.29, 0.717) is 12.5 Å². The first-order chi connectivity index (χ1) is 11.3. The fourth-order valence-electron chi connectivity index (χ4n) is 2.05. The lowest BCUT2D eigenvalue weighted by Gasteiger charge is -2.21. The van der Waals surface area contributed by atoms with E-state index in [4.69, 9.17) is 0 Å². The first-order valence-electron chi connectivity index (χ1n) is 8.69. The summed E-state index contributed by atoms with van der Waals surface area (Å²) < 4.78 is 0. The first-order valence-corrected chi connectivity index (χ1v) is 8.69. The number of aryl methyl sites for hydroxylation is 1. The molecule has 0 aliphatic rings. The second-order valence-corrected chi connectivity index (χ2v) is 7.08. The van der Waals surface area contributed by atoms with Gasteiger partial charge in [0.15, 0.2) is 5.96 Å². The Hall–Kier alpha value is -2.04. The fraction of sp³-hybridized carbons (Fsp3) is 0.579. The molecule has 24 heavy (non-hydrogen) atoms. The summed E-state index contributed by atoms with van der Waals surface area (Å²) >= 11 is 0. The van der Waals surface area contributed by atoms with Gasteiger partial charge in [0.2, 0.25) is 5.91 Å². The van der Waals surface area contributed by atoms with E-state index in [2.05, 4.69) is 59.1 Å². The minimum absolute atomic E-state index is 0.0390. The predicted octanol–water partition coefficient (Wildman–Crippen LogP) is 2.75. The lowest BCUT2D eigenvalue weighted by Crippen LogP contribution is -2.48. The number of carbonyl (C=O) groups excluding carboxylic acids is 1. The quantitative estimate of drug-likeness (QED) is 0.409. The maximum atomic E-state index is 11.9. The minimum Gasteiger partial charge on any atom is -0.356 e. The Labute approximate surface area is 146 Å². The predicted molar refractivity (Wildman–Crippen MR) is 101 cm³/mol. The van der Waals surface area contributed by atoms with Gasteiger partial charge in [0, 0.05) is 12.1 Å². The Morgan fingerprint density at radius 1 is 1.12 bits per heavy atom. The van der Waals surface area contributed by atoms with Crippen LogP contribution in [0.3, 0.4) is 0 Å². The number of hydrogen-bond acceptors (Lipinski definition) is 2. The molecular formula is C19H32N4O. The van der Waals surface area contributed by atoms with Crippen LogP contribution >= 0.6 is 0 Å². The Bertz CT molecular complexity index is 529. The van der Waals surface area contributed by atoms with Gasteiger partial charge in [-0.25, -0.2) is 4.99 Å². The van der Waals surface area contributed by atoms with Crippen LogP contribution in [0.5, 0.6) is 0 Å². The summed E-state index contributed by atoms with van der Waals surface area (Å²) in [6.45, 7) is 11.8. The van der Waals surface area contributed by atoms with Crippen LogP contribution in [0.25, 0.3) is 0 Å². The molecule has 0 radical (unpaired) electrons. The topological polar surface area (TPSA) is 65.5 Å². The van der Waals surface area contributed by atoms with Crippen molar-refractivity contribution in [2.24, 2.45) is 4.99 Å². The fourth-order valence-corrected chi connectivity index (χ4v) is 2.05. The van der Waals surface area contributed by atoms with Crippen LogP contribution in [-0.4, -0.2) is 30.5 Å². The van der Waals surface area contributed by atoms with Crippen molar-refractivity contribution in [1.82, 2.24) is 16.0 Å². The van der Waals surface area contributed by atoms with Gasteiger partial charge in [-0.3, -0.25) is 4.79 Å². The zero-order valence-corrected chi connectivity index (χ0v) is 15.7. The second kappa shape index (κ2) is 9.96. The molecule has 0 saturated heterocycles. The Morgan fingerprint density at radius 3 is 2.38 bits per heavy atom. The van der Waals surface area contributed by atoms with Gasteiger partial charge in [-0.2, -0.15) is 0 Å². The highest BCUT2D eigenvalue weighted by Gasteiger charge is 2.13. The van der Waals surface area contributed by atoms with Gasteiger partial charge >= 0.3 is 0 Å². The van der Waals surface area contributed by atoms with Crippen molar-refractivity contribution < 1.29 is 4.79 Å². The van der Waals surface area contributed by atoms with Crippen molar-refractivity contribution in [3.05, 3.63) is 35.4 Å². The number of unbranched alkanes of at least 4 members (excludes halogenated alkanes) is 1. The highest BCUT2D eigenvalue weighted by molar-refractivity contribution is 5.86. The highest BCUT2D eigenvalue weighted by Crippen LogP contribution is 2.04. The third kappa shape index (κ3) is 9.18. The molecule has 0 saturated carbocycles. The molecule has 1 amide bonds. The molecule has 1 aromatic carbocycles. The third-order valence-corrected chi connectivity index (χ3v) is 3.29. The Kier molecular flexibility index (Phi) is 8.30. The average molecular weight is 332 g/mol. The smallest absolute Gasteiger partial charge is 0.239 e. The summed E-state index contributed by atoms with van der Waals surface area (Å²) in [6.07, 6.45) is 2.18. The summed E-state index contributed by atoms with van der Waals surface area (Å²) in [6, 6.07) is 8.32. The van der Waals surface area contributed by atoms with E-state index >= 15 is 0 Å². The molecule has 0 atom stereocenters. The van der Waals surface area contributed by atoms with E-state index < -0.39 is 0 Å². The van der Waals surface area contributed by atoms with Crippen LogP contribution in [-0.2, 0) is 11.3 Å². The highest BCUT2D eigenvalue weighted by atomic mass is 16.2. The molecule has 0 aliphatic heterocycles. The lowest BCUT2D eigenvalue weighted by molar-refractivity contribution is -0.121. The lowest BCUT2D eigenvalue weighted by atomic mass is 10.1. The van der Waals surface area contributed by atoms with Gasteiger partial charge in [0.05, 0.1) is 13.1 Å². The maximum Gasteiger partial charge on any atom is 0.239 e. The van der Waals surface area contributed by atoms with Crippen molar-refractivity contribution in [3.8, 4) is 0 Å². The number of nitrogens with one attached hydrogen (secondary N) is 3. The standard InChI is InChI=1S/C19H32N4O/c1-6-7-12-20-18(22-14-17(24)23-19(3,4)5)21-13-16-10-8-15(2)9-11-16/h8-11H,6-7,12-14H2,1-5H3,(H,23,24)(H2,20,21,22). The summed E-state index contributed by atoms with van der Waals surface area (Å²) in [5.74, 6) is 0.635. The molecule has 134 valence electrons. The normalized spacial score (nSPS) is 12.0. The zero-order chi connectivity index (χ0) is 18.0. The molecule has 3 N–H and O–H groups in total. The van der Waals surface area contributed by atoms with Gasteiger partial charge in [-0.1, -0.05) is 43.2 Å². The molecular weight excluding hydrogens is 300 g/mol. The third-order valence-electron chi connectivity index (χ3n) is 3.29. The molecule has 1 aromatic rings. The van der Waals surface area contributed by atoms with E-state index in [1.807, 2.05) is 20.8 Å². The summed E-state index contributed by atoms with van der Waals surface area (Å²) in [4.78, 5) is 16.5. The van der Waals surface area contributed by atoms with E-state index in [-0.39, 0.29) is 18.0 Å². The monoisotopic (exact) mass is 332 g/mol. The molecule has 0 unspecified atom stereocenters. The van der Waals surface area contributed by atoms with E-state index in [0.717, 1.165) is 24.9 Å². The first kappa shape index (κ1) is 20.0.